The number of nitrogens with one attached hydrogen (secondary N) is 1. The van der Waals surface area contributed by atoms with Crippen LogP contribution >= 0.6 is 15.9 Å². The summed E-state index contributed by atoms with van der Waals surface area (Å²) in [6, 6.07) is 5.54. The minimum Gasteiger partial charge on any atom is -0.481 e. The fourth-order valence-electron chi connectivity index (χ4n) is 2.08. The average Bonchev–Trinajstić information content (AvgIpc) is 2.22. The van der Waals surface area contributed by atoms with Gasteiger partial charge in [-0.25, -0.2) is 0 Å². The molecule has 0 saturated heterocycles. The monoisotopic (exact) mass is 311 g/mol. The summed E-state index contributed by atoms with van der Waals surface area (Å²) in [5, 5.41) is 11.7. The van der Waals surface area contributed by atoms with Crippen molar-refractivity contribution in [3.05, 3.63) is 28.2 Å². The standard InChI is InChI=1S/C13H14BrNO3/c1-7-10(14)3-2-4-11(7)15-12(16)8-5-6-9(8)13(17)18/h2-4,8-9H,5-6H2,1H3,(H,15,16)(H,17,18). The molecular weight excluding hydrogens is 298 g/mol. The molecule has 1 amide bonds. The molecule has 4 nitrogen and oxygen atoms in total. The first-order valence-electron chi connectivity index (χ1n) is 5.79. The molecule has 0 bridgehead atoms. The van der Waals surface area contributed by atoms with Gasteiger partial charge in [0.1, 0.15) is 0 Å². The molecule has 1 aromatic rings. The second-order valence-corrected chi connectivity index (χ2v) is 5.38. The van der Waals surface area contributed by atoms with E-state index in [2.05, 4.69) is 21.2 Å². The van der Waals surface area contributed by atoms with Gasteiger partial charge in [0.15, 0.2) is 0 Å². The van der Waals surface area contributed by atoms with E-state index in [0.29, 0.717) is 12.8 Å². The number of rotatable bonds is 3. The molecule has 1 aliphatic carbocycles. The van der Waals surface area contributed by atoms with E-state index in [1.165, 1.54) is 0 Å². The summed E-state index contributed by atoms with van der Waals surface area (Å²) in [7, 11) is 0. The van der Waals surface area contributed by atoms with E-state index >= 15 is 0 Å². The van der Waals surface area contributed by atoms with Crippen LogP contribution < -0.4 is 5.32 Å². The number of amides is 1. The Kier molecular flexibility index (Phi) is 3.71. The number of benzene rings is 1. The lowest BCUT2D eigenvalue weighted by atomic mass is 9.73. The van der Waals surface area contributed by atoms with Gasteiger partial charge in [0.25, 0.3) is 0 Å². The highest BCUT2D eigenvalue weighted by molar-refractivity contribution is 9.10. The molecule has 0 radical (unpaired) electrons. The summed E-state index contributed by atoms with van der Waals surface area (Å²) in [6.07, 6.45) is 1.24. The number of carboxylic acids is 1. The first kappa shape index (κ1) is 13.1. The van der Waals surface area contributed by atoms with Gasteiger partial charge < -0.3 is 10.4 Å². The van der Waals surface area contributed by atoms with Gasteiger partial charge in [0.05, 0.1) is 11.8 Å². The van der Waals surface area contributed by atoms with Crippen LogP contribution in [0.4, 0.5) is 5.69 Å². The van der Waals surface area contributed by atoms with Crippen molar-refractivity contribution >= 4 is 33.5 Å². The van der Waals surface area contributed by atoms with E-state index in [4.69, 9.17) is 5.11 Å². The second-order valence-electron chi connectivity index (χ2n) is 4.53. The van der Waals surface area contributed by atoms with Gasteiger partial charge in [-0.3, -0.25) is 9.59 Å². The smallest absolute Gasteiger partial charge is 0.307 e. The molecule has 1 aliphatic rings. The molecule has 5 heteroatoms. The zero-order valence-electron chi connectivity index (χ0n) is 9.94. The molecule has 0 spiro atoms. The summed E-state index contributed by atoms with van der Waals surface area (Å²) in [5.74, 6) is -2.01. The average molecular weight is 312 g/mol. The third-order valence-corrected chi connectivity index (χ3v) is 4.31. The SMILES string of the molecule is Cc1c(Br)cccc1NC(=O)C1CCC1C(=O)O. The fourth-order valence-corrected chi connectivity index (χ4v) is 2.44. The van der Waals surface area contributed by atoms with Crippen LogP contribution in [0.3, 0.4) is 0 Å². The van der Waals surface area contributed by atoms with Crippen molar-refractivity contribution in [1.82, 2.24) is 0 Å². The molecule has 0 aliphatic heterocycles. The third kappa shape index (κ3) is 2.41. The van der Waals surface area contributed by atoms with Crippen molar-refractivity contribution in [3.63, 3.8) is 0 Å². The fraction of sp³-hybridized carbons (Fsp3) is 0.385. The summed E-state index contributed by atoms with van der Waals surface area (Å²) < 4.78 is 0.920. The second kappa shape index (κ2) is 5.10. The lowest BCUT2D eigenvalue weighted by molar-refractivity contribution is -0.151. The highest BCUT2D eigenvalue weighted by atomic mass is 79.9. The van der Waals surface area contributed by atoms with Crippen LogP contribution in [-0.4, -0.2) is 17.0 Å². The number of carbonyl (C=O) groups is 2. The normalized spacial score (nSPS) is 22.1. The molecule has 2 rings (SSSR count). The maximum atomic E-state index is 12.0. The van der Waals surface area contributed by atoms with Crippen molar-refractivity contribution < 1.29 is 14.7 Å². The van der Waals surface area contributed by atoms with E-state index in [1.54, 1.807) is 0 Å². The Morgan fingerprint density at radius 3 is 2.56 bits per heavy atom. The van der Waals surface area contributed by atoms with Gasteiger partial charge in [-0.05, 0) is 37.5 Å². The Hall–Kier alpha value is -1.36. The zero-order valence-corrected chi connectivity index (χ0v) is 11.5. The van der Waals surface area contributed by atoms with Gasteiger partial charge in [-0.2, -0.15) is 0 Å². The zero-order chi connectivity index (χ0) is 13.3. The molecular formula is C13H14BrNO3. The Bertz CT molecular complexity index is 501. The van der Waals surface area contributed by atoms with Crippen LogP contribution in [0.1, 0.15) is 18.4 Å². The minimum atomic E-state index is -0.882. The topological polar surface area (TPSA) is 66.4 Å². The number of carboxylic acid groups (broad SMARTS) is 1. The lowest BCUT2D eigenvalue weighted by Crippen LogP contribution is -2.41. The van der Waals surface area contributed by atoms with E-state index in [9.17, 15) is 9.59 Å². The minimum absolute atomic E-state index is 0.199. The van der Waals surface area contributed by atoms with Crippen molar-refractivity contribution in [3.8, 4) is 0 Å². The van der Waals surface area contributed by atoms with E-state index in [-0.39, 0.29) is 5.91 Å². The molecule has 0 aromatic heterocycles. The molecule has 1 saturated carbocycles. The summed E-state index contributed by atoms with van der Waals surface area (Å²) in [4.78, 5) is 22.9. The van der Waals surface area contributed by atoms with Crippen molar-refractivity contribution in [2.75, 3.05) is 5.32 Å². The molecule has 18 heavy (non-hydrogen) atoms. The first-order valence-corrected chi connectivity index (χ1v) is 6.59. The van der Waals surface area contributed by atoms with Crippen molar-refractivity contribution in [2.24, 2.45) is 11.8 Å². The molecule has 2 unspecified atom stereocenters. The summed E-state index contributed by atoms with van der Waals surface area (Å²) in [6.45, 7) is 1.90. The number of aliphatic carboxylic acids is 1. The Balaban J connectivity index is 2.08. The highest BCUT2D eigenvalue weighted by Crippen LogP contribution is 2.35. The van der Waals surface area contributed by atoms with Crippen LogP contribution in [0.25, 0.3) is 0 Å². The molecule has 2 atom stereocenters. The van der Waals surface area contributed by atoms with Crippen LogP contribution in [0.2, 0.25) is 0 Å². The van der Waals surface area contributed by atoms with E-state index in [1.807, 2.05) is 25.1 Å². The molecule has 2 N–H and O–H groups in total. The molecule has 1 fully saturated rings. The van der Waals surface area contributed by atoms with E-state index < -0.39 is 17.8 Å². The van der Waals surface area contributed by atoms with E-state index in [0.717, 1.165) is 15.7 Å². The predicted octanol–water partition coefficient (Wildman–Crippen LogP) is 2.81. The number of hydrogen-bond donors (Lipinski definition) is 2. The van der Waals surface area contributed by atoms with Gasteiger partial charge in [0.2, 0.25) is 5.91 Å². The van der Waals surface area contributed by atoms with Crippen LogP contribution in [0.15, 0.2) is 22.7 Å². The maximum Gasteiger partial charge on any atom is 0.307 e. The van der Waals surface area contributed by atoms with Gasteiger partial charge in [-0.1, -0.05) is 22.0 Å². The molecule has 0 heterocycles. The van der Waals surface area contributed by atoms with Crippen molar-refractivity contribution in [1.29, 1.82) is 0 Å². The van der Waals surface area contributed by atoms with Gasteiger partial charge in [0, 0.05) is 10.2 Å². The Labute approximate surface area is 114 Å². The number of halogens is 1. The Morgan fingerprint density at radius 2 is 2.00 bits per heavy atom. The maximum absolute atomic E-state index is 12.0. The summed E-state index contributed by atoms with van der Waals surface area (Å²) in [5.41, 5.74) is 1.67. The predicted molar refractivity (Wildman–Crippen MR) is 71.4 cm³/mol. The number of anilines is 1. The highest BCUT2D eigenvalue weighted by Gasteiger charge is 2.41. The number of carbonyl (C=O) groups excluding carboxylic acids is 1. The first-order chi connectivity index (χ1) is 8.50. The van der Waals surface area contributed by atoms with Gasteiger partial charge in [-0.15, -0.1) is 0 Å². The summed E-state index contributed by atoms with van der Waals surface area (Å²) >= 11 is 3.39. The number of hydrogen-bond acceptors (Lipinski definition) is 2. The van der Waals surface area contributed by atoms with Crippen LogP contribution in [0.5, 0.6) is 0 Å². The van der Waals surface area contributed by atoms with Crippen molar-refractivity contribution in [2.45, 2.75) is 19.8 Å². The van der Waals surface area contributed by atoms with Crippen LogP contribution in [0, 0.1) is 18.8 Å². The largest absolute Gasteiger partial charge is 0.481 e. The lowest BCUT2D eigenvalue weighted by Gasteiger charge is -2.32. The molecule has 1 aromatic carbocycles. The third-order valence-electron chi connectivity index (χ3n) is 3.45. The van der Waals surface area contributed by atoms with Crippen LogP contribution in [-0.2, 0) is 9.59 Å². The Morgan fingerprint density at radius 1 is 1.33 bits per heavy atom. The molecule has 96 valence electrons. The van der Waals surface area contributed by atoms with Gasteiger partial charge >= 0.3 is 5.97 Å². The quantitative estimate of drug-likeness (QED) is 0.902.